The van der Waals surface area contributed by atoms with Crippen LogP contribution in [0.4, 0.5) is 5.95 Å². The standard InChI is InChI=1S/C15H16N4OS/c1-8-6-9(2)10(3)12(7-8)20-13-11-4-5-21-14(11)18-15(17-13)19-16/h4-7H,16H2,1-3H3,(H,17,18,19). The number of thiophene rings is 1. The summed E-state index contributed by atoms with van der Waals surface area (Å²) in [6.07, 6.45) is 0. The predicted octanol–water partition coefficient (Wildman–Crippen LogP) is 3.69. The van der Waals surface area contributed by atoms with Crippen LogP contribution in [0.25, 0.3) is 10.2 Å². The lowest BCUT2D eigenvalue weighted by atomic mass is 10.1. The van der Waals surface area contributed by atoms with Gasteiger partial charge in [0.2, 0.25) is 11.8 Å². The Labute approximate surface area is 126 Å². The van der Waals surface area contributed by atoms with Crippen molar-refractivity contribution in [2.24, 2.45) is 5.84 Å². The van der Waals surface area contributed by atoms with E-state index in [-0.39, 0.29) is 0 Å². The van der Waals surface area contributed by atoms with E-state index in [2.05, 4.69) is 28.4 Å². The zero-order valence-electron chi connectivity index (χ0n) is 12.1. The number of anilines is 1. The van der Waals surface area contributed by atoms with Crippen LogP contribution in [0, 0.1) is 20.8 Å². The van der Waals surface area contributed by atoms with Gasteiger partial charge in [0, 0.05) is 0 Å². The van der Waals surface area contributed by atoms with Crippen LogP contribution in [-0.2, 0) is 0 Å². The molecule has 6 heteroatoms. The van der Waals surface area contributed by atoms with E-state index in [1.165, 1.54) is 16.9 Å². The second-order valence-corrected chi connectivity index (χ2v) is 5.84. The first-order chi connectivity index (χ1) is 10.1. The molecule has 0 unspecified atom stereocenters. The van der Waals surface area contributed by atoms with Crippen molar-refractivity contribution < 1.29 is 4.74 Å². The molecule has 0 aliphatic rings. The molecule has 0 saturated carbocycles. The van der Waals surface area contributed by atoms with Crippen LogP contribution in [0.3, 0.4) is 0 Å². The summed E-state index contributed by atoms with van der Waals surface area (Å²) in [7, 11) is 0. The Morgan fingerprint density at radius 2 is 2.00 bits per heavy atom. The van der Waals surface area contributed by atoms with Crippen molar-refractivity contribution in [3.8, 4) is 11.6 Å². The third-order valence-corrected chi connectivity index (χ3v) is 4.20. The highest BCUT2D eigenvalue weighted by Gasteiger charge is 2.12. The quantitative estimate of drug-likeness (QED) is 0.570. The summed E-state index contributed by atoms with van der Waals surface area (Å²) in [4.78, 5) is 9.47. The van der Waals surface area contributed by atoms with Crippen LogP contribution in [0.2, 0.25) is 0 Å². The number of hydrogen-bond donors (Lipinski definition) is 2. The van der Waals surface area contributed by atoms with E-state index in [1.54, 1.807) is 0 Å². The summed E-state index contributed by atoms with van der Waals surface area (Å²) >= 11 is 1.53. The van der Waals surface area contributed by atoms with Crippen LogP contribution in [-0.4, -0.2) is 9.97 Å². The van der Waals surface area contributed by atoms with Gasteiger partial charge < -0.3 is 4.74 Å². The number of nitrogens with zero attached hydrogens (tertiary/aromatic N) is 2. The third-order valence-electron chi connectivity index (χ3n) is 3.39. The second kappa shape index (κ2) is 5.31. The molecule has 3 aromatic rings. The molecule has 2 heterocycles. The normalized spacial score (nSPS) is 10.9. The van der Waals surface area contributed by atoms with Gasteiger partial charge in [-0.15, -0.1) is 11.3 Å². The molecule has 0 radical (unpaired) electrons. The molecule has 5 nitrogen and oxygen atoms in total. The number of nitrogens with one attached hydrogen (secondary N) is 1. The Morgan fingerprint density at radius 1 is 1.19 bits per heavy atom. The molecule has 0 fully saturated rings. The number of rotatable bonds is 3. The van der Waals surface area contributed by atoms with Crippen molar-refractivity contribution in [1.29, 1.82) is 0 Å². The molecule has 3 N–H and O–H groups in total. The van der Waals surface area contributed by atoms with Crippen LogP contribution in [0.5, 0.6) is 11.6 Å². The zero-order valence-corrected chi connectivity index (χ0v) is 12.9. The van der Waals surface area contributed by atoms with Crippen molar-refractivity contribution >= 4 is 27.5 Å². The van der Waals surface area contributed by atoms with E-state index in [4.69, 9.17) is 10.6 Å². The SMILES string of the molecule is Cc1cc(C)c(C)c(Oc2nc(NN)nc3sccc23)c1. The summed E-state index contributed by atoms with van der Waals surface area (Å²) in [5.41, 5.74) is 5.92. The Balaban J connectivity index is 2.11. The van der Waals surface area contributed by atoms with Crippen molar-refractivity contribution in [3.63, 3.8) is 0 Å². The molecule has 0 bridgehead atoms. The number of hydrazine groups is 1. The van der Waals surface area contributed by atoms with E-state index in [1.807, 2.05) is 31.4 Å². The van der Waals surface area contributed by atoms with E-state index in [9.17, 15) is 0 Å². The van der Waals surface area contributed by atoms with E-state index >= 15 is 0 Å². The summed E-state index contributed by atoms with van der Waals surface area (Å²) in [6, 6.07) is 6.10. The maximum absolute atomic E-state index is 6.04. The van der Waals surface area contributed by atoms with Gasteiger partial charge in [-0.05, 0) is 55.0 Å². The highest BCUT2D eigenvalue weighted by Crippen LogP contribution is 2.33. The molecule has 2 aromatic heterocycles. The Hall–Kier alpha value is -2.18. The average molecular weight is 300 g/mol. The number of hydrogen-bond acceptors (Lipinski definition) is 6. The maximum Gasteiger partial charge on any atom is 0.241 e. The van der Waals surface area contributed by atoms with Gasteiger partial charge in [0.1, 0.15) is 10.6 Å². The number of aryl methyl sites for hydroxylation is 2. The molecule has 0 aliphatic carbocycles. The van der Waals surface area contributed by atoms with Gasteiger partial charge in [0.15, 0.2) is 0 Å². The monoisotopic (exact) mass is 300 g/mol. The maximum atomic E-state index is 6.04. The summed E-state index contributed by atoms with van der Waals surface area (Å²) < 4.78 is 6.04. The van der Waals surface area contributed by atoms with Crippen molar-refractivity contribution in [3.05, 3.63) is 40.3 Å². The third kappa shape index (κ3) is 2.55. The Morgan fingerprint density at radius 3 is 2.76 bits per heavy atom. The number of aromatic nitrogens is 2. The predicted molar refractivity (Wildman–Crippen MR) is 86.0 cm³/mol. The minimum absolute atomic E-state index is 0.349. The largest absolute Gasteiger partial charge is 0.438 e. The van der Waals surface area contributed by atoms with E-state index in [0.717, 1.165) is 27.1 Å². The van der Waals surface area contributed by atoms with E-state index in [0.29, 0.717) is 11.8 Å². The molecule has 0 saturated heterocycles. The molecule has 1 aromatic carbocycles. The molecule has 3 rings (SSSR count). The Kier molecular flexibility index (Phi) is 3.48. The van der Waals surface area contributed by atoms with Crippen molar-refractivity contribution in [2.75, 3.05) is 5.43 Å². The number of ether oxygens (including phenoxy) is 1. The minimum Gasteiger partial charge on any atom is -0.438 e. The van der Waals surface area contributed by atoms with Crippen LogP contribution < -0.4 is 16.0 Å². The lowest BCUT2D eigenvalue weighted by Crippen LogP contribution is -2.10. The number of nitrogens with two attached hydrogens (primary N) is 1. The summed E-state index contributed by atoms with van der Waals surface area (Å²) in [5.74, 6) is 7.10. The van der Waals surface area contributed by atoms with Crippen LogP contribution in [0.1, 0.15) is 16.7 Å². The lowest BCUT2D eigenvalue weighted by molar-refractivity contribution is 0.464. The van der Waals surface area contributed by atoms with Gasteiger partial charge in [-0.2, -0.15) is 4.98 Å². The molecule has 0 amide bonds. The first kappa shape index (κ1) is 13.8. The van der Waals surface area contributed by atoms with E-state index < -0.39 is 0 Å². The molecule has 108 valence electrons. The summed E-state index contributed by atoms with van der Waals surface area (Å²) in [6.45, 7) is 6.16. The fraction of sp³-hybridized carbons (Fsp3) is 0.200. The number of fused-ring (bicyclic) bond motifs is 1. The molecule has 0 aliphatic heterocycles. The highest BCUT2D eigenvalue weighted by molar-refractivity contribution is 7.16. The van der Waals surface area contributed by atoms with Gasteiger partial charge in [-0.25, -0.2) is 10.8 Å². The highest BCUT2D eigenvalue weighted by atomic mass is 32.1. The smallest absolute Gasteiger partial charge is 0.241 e. The topological polar surface area (TPSA) is 73.1 Å². The zero-order chi connectivity index (χ0) is 15.0. The molecular weight excluding hydrogens is 284 g/mol. The van der Waals surface area contributed by atoms with Gasteiger partial charge in [0.25, 0.3) is 0 Å². The van der Waals surface area contributed by atoms with Crippen LogP contribution >= 0.6 is 11.3 Å². The molecule has 0 spiro atoms. The van der Waals surface area contributed by atoms with Gasteiger partial charge in [0.05, 0.1) is 5.39 Å². The van der Waals surface area contributed by atoms with Crippen molar-refractivity contribution in [1.82, 2.24) is 9.97 Å². The van der Waals surface area contributed by atoms with Crippen LogP contribution in [0.15, 0.2) is 23.6 Å². The Bertz CT molecular complexity index is 813. The minimum atomic E-state index is 0.349. The fourth-order valence-electron chi connectivity index (χ4n) is 2.18. The molecular formula is C15H16N4OS. The van der Waals surface area contributed by atoms with Gasteiger partial charge in [-0.1, -0.05) is 6.07 Å². The number of benzene rings is 1. The fourth-order valence-corrected chi connectivity index (χ4v) is 2.94. The van der Waals surface area contributed by atoms with Gasteiger partial charge >= 0.3 is 0 Å². The first-order valence-corrected chi connectivity index (χ1v) is 7.44. The summed E-state index contributed by atoms with van der Waals surface area (Å²) in [5, 5.41) is 2.85. The first-order valence-electron chi connectivity index (χ1n) is 6.56. The lowest BCUT2D eigenvalue weighted by Gasteiger charge is -2.12. The second-order valence-electron chi connectivity index (χ2n) is 4.94. The molecule has 0 atom stereocenters. The average Bonchev–Trinajstić information content (AvgIpc) is 2.92. The van der Waals surface area contributed by atoms with Gasteiger partial charge in [-0.3, -0.25) is 5.43 Å². The number of nitrogen functional groups attached to an aromatic ring is 1. The van der Waals surface area contributed by atoms with Crippen molar-refractivity contribution in [2.45, 2.75) is 20.8 Å². The molecule has 21 heavy (non-hydrogen) atoms.